The molecule has 0 saturated carbocycles. The van der Waals surface area contributed by atoms with Crippen LogP contribution in [-0.2, 0) is 11.3 Å². The zero-order valence-electron chi connectivity index (χ0n) is 12.6. The Kier molecular flexibility index (Phi) is 5.29. The van der Waals surface area contributed by atoms with Crippen LogP contribution in [0.5, 0.6) is 0 Å². The highest BCUT2D eigenvalue weighted by Crippen LogP contribution is 2.30. The number of aryl methyl sites for hydroxylation is 2. The number of nitrogens with one attached hydrogen (secondary N) is 1. The molecule has 4 heteroatoms. The van der Waals surface area contributed by atoms with Crippen LogP contribution in [0.4, 0.5) is 0 Å². The fourth-order valence-electron chi connectivity index (χ4n) is 2.26. The molecular weight excluding hydrogens is 268 g/mol. The summed E-state index contributed by atoms with van der Waals surface area (Å²) in [5, 5.41) is 4.68. The molecule has 1 atom stereocenters. The quantitative estimate of drug-likeness (QED) is 0.882. The lowest BCUT2D eigenvalue weighted by molar-refractivity contribution is 0.183. The van der Waals surface area contributed by atoms with Crippen LogP contribution in [0.25, 0.3) is 0 Å². The van der Waals surface area contributed by atoms with Gasteiger partial charge in [-0.05, 0) is 31.5 Å². The van der Waals surface area contributed by atoms with Gasteiger partial charge < -0.3 is 10.1 Å². The van der Waals surface area contributed by atoms with Crippen LogP contribution in [-0.4, -0.2) is 18.6 Å². The minimum atomic E-state index is 0.142. The molecule has 0 bridgehead atoms. The summed E-state index contributed by atoms with van der Waals surface area (Å²) in [6.45, 7) is 7.85. The van der Waals surface area contributed by atoms with Gasteiger partial charge in [0.2, 0.25) is 0 Å². The second kappa shape index (κ2) is 6.97. The second-order valence-corrected chi connectivity index (χ2v) is 6.05. The van der Waals surface area contributed by atoms with E-state index in [1.165, 1.54) is 16.0 Å². The zero-order valence-corrected chi connectivity index (χ0v) is 13.4. The molecule has 1 heterocycles. The number of hydrogen-bond donors (Lipinski definition) is 1. The normalized spacial score (nSPS) is 12.6. The lowest BCUT2D eigenvalue weighted by Crippen LogP contribution is -2.23. The van der Waals surface area contributed by atoms with E-state index in [0.717, 1.165) is 17.2 Å². The number of rotatable bonds is 6. The van der Waals surface area contributed by atoms with E-state index in [-0.39, 0.29) is 6.04 Å². The van der Waals surface area contributed by atoms with Gasteiger partial charge in [0.15, 0.2) is 0 Å². The first kappa shape index (κ1) is 15.2. The molecule has 0 fully saturated rings. The smallest absolute Gasteiger partial charge is 0.115 e. The van der Waals surface area contributed by atoms with Crippen molar-refractivity contribution in [1.82, 2.24) is 10.3 Å². The predicted octanol–water partition coefficient (Wildman–Crippen LogP) is 3.61. The number of methoxy groups -OCH3 is 1. The molecule has 1 N–H and O–H groups in total. The van der Waals surface area contributed by atoms with Crippen molar-refractivity contribution in [2.45, 2.75) is 33.4 Å². The standard InChI is InChI=1S/C16H22N2OS/c1-5-17-15(16-18-11(2)12(3)20-16)14-9-7-6-8-13(14)10-19-4/h6-9,15,17H,5,10H2,1-4H3. The Balaban J connectivity index is 2.42. The monoisotopic (exact) mass is 290 g/mol. The van der Waals surface area contributed by atoms with E-state index in [1.54, 1.807) is 18.4 Å². The van der Waals surface area contributed by atoms with Crippen LogP contribution in [0, 0.1) is 13.8 Å². The SMILES string of the molecule is CCNC(c1nc(C)c(C)s1)c1ccccc1COC. The van der Waals surface area contributed by atoms with E-state index in [1.807, 2.05) is 0 Å². The molecule has 108 valence electrons. The van der Waals surface area contributed by atoms with E-state index >= 15 is 0 Å². The highest BCUT2D eigenvalue weighted by Gasteiger charge is 2.20. The molecule has 3 nitrogen and oxygen atoms in total. The zero-order chi connectivity index (χ0) is 14.5. The summed E-state index contributed by atoms with van der Waals surface area (Å²) in [7, 11) is 1.73. The number of thiazole rings is 1. The number of benzene rings is 1. The Morgan fingerprint density at radius 2 is 2.05 bits per heavy atom. The summed E-state index contributed by atoms with van der Waals surface area (Å²) in [4.78, 5) is 6.01. The maximum atomic E-state index is 5.32. The lowest BCUT2D eigenvalue weighted by atomic mass is 10.0. The van der Waals surface area contributed by atoms with Crippen LogP contribution in [0.3, 0.4) is 0 Å². The number of ether oxygens (including phenoxy) is 1. The third-order valence-corrected chi connectivity index (χ3v) is 4.50. The molecule has 0 saturated heterocycles. The molecule has 20 heavy (non-hydrogen) atoms. The first-order valence-electron chi connectivity index (χ1n) is 6.91. The Bertz CT molecular complexity index is 546. The largest absolute Gasteiger partial charge is 0.380 e. The van der Waals surface area contributed by atoms with Crippen molar-refractivity contribution >= 4 is 11.3 Å². The van der Waals surface area contributed by atoms with Gasteiger partial charge in [-0.25, -0.2) is 4.98 Å². The van der Waals surface area contributed by atoms with Gasteiger partial charge in [0, 0.05) is 12.0 Å². The van der Waals surface area contributed by atoms with Gasteiger partial charge in [0.05, 0.1) is 18.3 Å². The molecule has 0 aliphatic carbocycles. The first-order valence-corrected chi connectivity index (χ1v) is 7.73. The highest BCUT2D eigenvalue weighted by molar-refractivity contribution is 7.11. The van der Waals surface area contributed by atoms with Gasteiger partial charge >= 0.3 is 0 Å². The fourth-order valence-corrected chi connectivity index (χ4v) is 3.28. The van der Waals surface area contributed by atoms with Crippen molar-refractivity contribution in [2.24, 2.45) is 0 Å². The average molecular weight is 290 g/mol. The molecule has 0 amide bonds. The molecule has 2 aromatic rings. The van der Waals surface area contributed by atoms with Crippen molar-refractivity contribution < 1.29 is 4.74 Å². The molecule has 2 rings (SSSR count). The minimum Gasteiger partial charge on any atom is -0.380 e. The Labute approximate surface area is 125 Å². The van der Waals surface area contributed by atoms with Crippen LogP contribution in [0.1, 0.15) is 39.7 Å². The van der Waals surface area contributed by atoms with E-state index in [9.17, 15) is 0 Å². The Morgan fingerprint density at radius 1 is 1.30 bits per heavy atom. The van der Waals surface area contributed by atoms with Crippen molar-refractivity contribution in [3.8, 4) is 0 Å². The van der Waals surface area contributed by atoms with Crippen LogP contribution in [0.2, 0.25) is 0 Å². The summed E-state index contributed by atoms with van der Waals surface area (Å²) in [5.41, 5.74) is 3.59. The highest BCUT2D eigenvalue weighted by atomic mass is 32.1. The third-order valence-electron chi connectivity index (χ3n) is 3.37. The van der Waals surface area contributed by atoms with Gasteiger partial charge in [-0.15, -0.1) is 11.3 Å². The van der Waals surface area contributed by atoms with Gasteiger partial charge in [-0.2, -0.15) is 0 Å². The topological polar surface area (TPSA) is 34.2 Å². The van der Waals surface area contributed by atoms with Gasteiger partial charge in [0.25, 0.3) is 0 Å². The summed E-state index contributed by atoms with van der Waals surface area (Å²) in [6, 6.07) is 8.55. The summed E-state index contributed by atoms with van der Waals surface area (Å²) in [6.07, 6.45) is 0. The number of nitrogens with zero attached hydrogens (tertiary/aromatic N) is 1. The molecular formula is C16H22N2OS. The molecule has 1 aromatic heterocycles. The maximum absolute atomic E-state index is 5.32. The third kappa shape index (κ3) is 3.26. The van der Waals surface area contributed by atoms with Crippen LogP contribution >= 0.6 is 11.3 Å². The van der Waals surface area contributed by atoms with Crippen molar-refractivity contribution in [3.63, 3.8) is 0 Å². The van der Waals surface area contributed by atoms with E-state index in [4.69, 9.17) is 9.72 Å². The van der Waals surface area contributed by atoms with Crippen molar-refractivity contribution in [2.75, 3.05) is 13.7 Å². The molecule has 0 aliphatic rings. The number of hydrogen-bond acceptors (Lipinski definition) is 4. The van der Waals surface area contributed by atoms with Crippen molar-refractivity contribution in [3.05, 3.63) is 51.0 Å². The Hall–Kier alpha value is -1.23. The van der Waals surface area contributed by atoms with Gasteiger partial charge in [0.1, 0.15) is 5.01 Å². The molecule has 0 spiro atoms. The summed E-state index contributed by atoms with van der Waals surface area (Å²) >= 11 is 1.77. The van der Waals surface area contributed by atoms with Gasteiger partial charge in [-0.3, -0.25) is 0 Å². The van der Waals surface area contributed by atoms with Crippen LogP contribution in [0.15, 0.2) is 24.3 Å². The van der Waals surface area contributed by atoms with E-state index < -0.39 is 0 Å². The van der Waals surface area contributed by atoms with E-state index in [0.29, 0.717) is 6.61 Å². The van der Waals surface area contributed by atoms with Crippen LogP contribution < -0.4 is 5.32 Å². The average Bonchev–Trinajstić information content (AvgIpc) is 2.77. The predicted molar refractivity (Wildman–Crippen MR) is 84.3 cm³/mol. The fraction of sp³-hybridized carbons (Fsp3) is 0.438. The minimum absolute atomic E-state index is 0.142. The molecule has 1 unspecified atom stereocenters. The first-order chi connectivity index (χ1) is 9.67. The lowest BCUT2D eigenvalue weighted by Gasteiger charge is -2.19. The van der Waals surface area contributed by atoms with Gasteiger partial charge in [-0.1, -0.05) is 31.2 Å². The summed E-state index contributed by atoms with van der Waals surface area (Å²) in [5.74, 6) is 0. The maximum Gasteiger partial charge on any atom is 0.115 e. The molecule has 0 radical (unpaired) electrons. The molecule has 0 aliphatic heterocycles. The number of aromatic nitrogens is 1. The Morgan fingerprint density at radius 3 is 2.65 bits per heavy atom. The molecule has 1 aromatic carbocycles. The van der Waals surface area contributed by atoms with E-state index in [2.05, 4.69) is 50.4 Å². The second-order valence-electron chi connectivity index (χ2n) is 4.82. The summed E-state index contributed by atoms with van der Waals surface area (Å²) < 4.78 is 5.32. The van der Waals surface area contributed by atoms with Crippen molar-refractivity contribution in [1.29, 1.82) is 0 Å².